The summed E-state index contributed by atoms with van der Waals surface area (Å²) in [5.41, 5.74) is 8.89. The maximum absolute atomic E-state index is 6.00. The lowest BCUT2D eigenvalue weighted by atomic mass is 9.81. The SMILES string of the molecule is NC1=NC2(c3cccc(-c4cncnc4)c3)COCC2CS1. The van der Waals surface area contributed by atoms with E-state index in [-0.39, 0.29) is 5.54 Å². The highest BCUT2D eigenvalue weighted by molar-refractivity contribution is 8.13. The molecule has 2 atom stereocenters. The van der Waals surface area contributed by atoms with Gasteiger partial charge in [0.2, 0.25) is 0 Å². The maximum Gasteiger partial charge on any atom is 0.154 e. The lowest BCUT2D eigenvalue weighted by Gasteiger charge is -2.34. The molecule has 0 spiro atoms. The van der Waals surface area contributed by atoms with Gasteiger partial charge in [0.1, 0.15) is 11.9 Å². The summed E-state index contributed by atoms with van der Waals surface area (Å²) in [6.45, 7) is 1.33. The molecule has 112 valence electrons. The zero-order chi connectivity index (χ0) is 15.0. The molecular weight excluding hydrogens is 296 g/mol. The average molecular weight is 312 g/mol. The minimum Gasteiger partial charge on any atom is -0.379 e. The van der Waals surface area contributed by atoms with Crippen molar-refractivity contribution in [2.45, 2.75) is 5.54 Å². The number of thioether (sulfide) groups is 1. The van der Waals surface area contributed by atoms with Crippen molar-refractivity contribution >= 4 is 16.9 Å². The molecule has 5 nitrogen and oxygen atoms in total. The summed E-state index contributed by atoms with van der Waals surface area (Å²) in [4.78, 5) is 13.0. The van der Waals surface area contributed by atoms with Gasteiger partial charge in [-0.1, -0.05) is 30.0 Å². The minimum atomic E-state index is -0.346. The number of ether oxygens (including phenoxy) is 1. The van der Waals surface area contributed by atoms with Crippen LogP contribution in [0.4, 0.5) is 0 Å². The second kappa shape index (κ2) is 5.37. The molecule has 0 aliphatic carbocycles. The van der Waals surface area contributed by atoms with Gasteiger partial charge < -0.3 is 10.5 Å². The van der Waals surface area contributed by atoms with Crippen LogP contribution in [-0.4, -0.2) is 34.1 Å². The van der Waals surface area contributed by atoms with Gasteiger partial charge in [-0.15, -0.1) is 0 Å². The quantitative estimate of drug-likeness (QED) is 0.918. The molecule has 1 saturated heterocycles. The van der Waals surface area contributed by atoms with Gasteiger partial charge in [-0.05, 0) is 17.2 Å². The molecule has 1 aromatic carbocycles. The zero-order valence-electron chi connectivity index (χ0n) is 12.0. The first-order valence-electron chi connectivity index (χ1n) is 7.20. The van der Waals surface area contributed by atoms with E-state index in [4.69, 9.17) is 15.5 Å². The largest absolute Gasteiger partial charge is 0.379 e. The Kier molecular flexibility index (Phi) is 3.35. The van der Waals surface area contributed by atoms with Crippen molar-refractivity contribution in [3.63, 3.8) is 0 Å². The van der Waals surface area contributed by atoms with E-state index in [2.05, 4.69) is 34.2 Å². The highest BCUT2D eigenvalue weighted by Gasteiger charge is 2.47. The van der Waals surface area contributed by atoms with E-state index in [1.165, 1.54) is 6.33 Å². The van der Waals surface area contributed by atoms with E-state index < -0.39 is 0 Å². The highest BCUT2D eigenvalue weighted by atomic mass is 32.2. The number of rotatable bonds is 2. The van der Waals surface area contributed by atoms with E-state index >= 15 is 0 Å². The summed E-state index contributed by atoms with van der Waals surface area (Å²) in [6, 6.07) is 8.39. The van der Waals surface area contributed by atoms with Gasteiger partial charge in [-0.3, -0.25) is 0 Å². The normalized spacial score (nSPS) is 27.3. The molecule has 1 fully saturated rings. The maximum atomic E-state index is 6.00. The Balaban J connectivity index is 1.81. The molecule has 0 bridgehead atoms. The van der Waals surface area contributed by atoms with E-state index in [0.29, 0.717) is 17.7 Å². The van der Waals surface area contributed by atoms with Gasteiger partial charge in [0.15, 0.2) is 5.17 Å². The molecule has 2 unspecified atom stereocenters. The number of amidine groups is 1. The Bertz CT molecular complexity index is 721. The molecule has 2 aromatic rings. The van der Waals surface area contributed by atoms with E-state index in [9.17, 15) is 0 Å². The molecule has 22 heavy (non-hydrogen) atoms. The fourth-order valence-corrected chi connectivity index (χ4v) is 4.11. The molecule has 6 heteroatoms. The van der Waals surface area contributed by atoms with Crippen LogP contribution in [0.5, 0.6) is 0 Å². The van der Waals surface area contributed by atoms with Gasteiger partial charge in [0.05, 0.1) is 13.2 Å². The summed E-state index contributed by atoms with van der Waals surface area (Å²) in [5.74, 6) is 1.32. The van der Waals surface area contributed by atoms with Gasteiger partial charge in [0.25, 0.3) is 0 Å². The van der Waals surface area contributed by atoms with Crippen LogP contribution in [0.2, 0.25) is 0 Å². The Hall–Kier alpha value is -1.92. The first-order valence-corrected chi connectivity index (χ1v) is 8.18. The van der Waals surface area contributed by atoms with Crippen LogP contribution >= 0.6 is 11.8 Å². The van der Waals surface area contributed by atoms with Crippen LogP contribution in [0.1, 0.15) is 5.56 Å². The van der Waals surface area contributed by atoms with Crippen molar-refractivity contribution in [2.75, 3.05) is 19.0 Å². The van der Waals surface area contributed by atoms with Crippen molar-refractivity contribution in [1.82, 2.24) is 9.97 Å². The van der Waals surface area contributed by atoms with Gasteiger partial charge in [-0.25, -0.2) is 15.0 Å². The Morgan fingerprint density at radius 1 is 1.23 bits per heavy atom. The molecule has 1 aromatic heterocycles. The van der Waals surface area contributed by atoms with Crippen molar-refractivity contribution in [1.29, 1.82) is 0 Å². The molecule has 2 N–H and O–H groups in total. The number of nitrogens with zero attached hydrogens (tertiary/aromatic N) is 3. The second-order valence-electron chi connectivity index (χ2n) is 5.61. The fraction of sp³-hybridized carbons (Fsp3) is 0.312. The smallest absolute Gasteiger partial charge is 0.154 e. The van der Waals surface area contributed by atoms with E-state index in [0.717, 1.165) is 29.1 Å². The molecule has 0 radical (unpaired) electrons. The molecule has 0 saturated carbocycles. The summed E-state index contributed by atoms with van der Waals surface area (Å²) >= 11 is 1.62. The number of fused-ring (bicyclic) bond motifs is 1. The summed E-state index contributed by atoms with van der Waals surface area (Å²) in [5, 5.41) is 0.648. The standard InChI is InChI=1S/C16H16N4OS/c17-15-20-16(9-21-7-14(16)8-22-15)13-3-1-2-11(4-13)12-5-18-10-19-6-12/h1-6,10,14H,7-9H2,(H2,17,20). The Labute approximate surface area is 133 Å². The number of nitrogens with two attached hydrogens (primary N) is 1. The molecule has 0 amide bonds. The average Bonchev–Trinajstić information content (AvgIpc) is 3.00. The highest BCUT2D eigenvalue weighted by Crippen LogP contribution is 2.44. The Morgan fingerprint density at radius 3 is 2.95 bits per heavy atom. The molecular formula is C16H16N4OS. The van der Waals surface area contributed by atoms with Gasteiger partial charge in [-0.2, -0.15) is 0 Å². The van der Waals surface area contributed by atoms with Crippen LogP contribution in [0.15, 0.2) is 48.0 Å². The van der Waals surface area contributed by atoms with E-state index in [1.54, 1.807) is 11.8 Å². The third kappa shape index (κ3) is 2.19. The number of benzene rings is 1. The monoisotopic (exact) mass is 312 g/mol. The van der Waals surface area contributed by atoms with Crippen molar-refractivity contribution in [2.24, 2.45) is 16.6 Å². The first-order chi connectivity index (χ1) is 10.8. The predicted molar refractivity (Wildman–Crippen MR) is 87.5 cm³/mol. The zero-order valence-corrected chi connectivity index (χ0v) is 12.8. The lowest BCUT2D eigenvalue weighted by Crippen LogP contribution is -2.39. The van der Waals surface area contributed by atoms with Crippen LogP contribution in [0, 0.1) is 5.92 Å². The summed E-state index contributed by atoms with van der Waals surface area (Å²) in [7, 11) is 0. The minimum absolute atomic E-state index is 0.346. The van der Waals surface area contributed by atoms with Crippen LogP contribution in [0.3, 0.4) is 0 Å². The number of aromatic nitrogens is 2. The lowest BCUT2D eigenvalue weighted by molar-refractivity contribution is 0.177. The van der Waals surface area contributed by atoms with Crippen LogP contribution in [0.25, 0.3) is 11.1 Å². The van der Waals surface area contributed by atoms with Gasteiger partial charge >= 0.3 is 0 Å². The van der Waals surface area contributed by atoms with Crippen molar-refractivity contribution < 1.29 is 4.74 Å². The molecule has 2 aliphatic heterocycles. The number of aliphatic imine (C=N–C) groups is 1. The van der Waals surface area contributed by atoms with Crippen LogP contribution in [-0.2, 0) is 10.3 Å². The molecule has 2 aliphatic rings. The predicted octanol–water partition coefficient (Wildman–Crippen LogP) is 2.05. The van der Waals surface area contributed by atoms with Gasteiger partial charge in [0, 0.05) is 29.6 Å². The topological polar surface area (TPSA) is 73.4 Å². The number of hydrogen-bond donors (Lipinski definition) is 1. The number of hydrogen-bond acceptors (Lipinski definition) is 6. The fourth-order valence-electron chi connectivity index (χ4n) is 3.14. The van der Waals surface area contributed by atoms with Crippen LogP contribution < -0.4 is 5.73 Å². The summed E-state index contributed by atoms with van der Waals surface area (Å²) < 4.78 is 5.74. The Morgan fingerprint density at radius 2 is 2.09 bits per heavy atom. The third-order valence-corrected chi connectivity index (χ3v) is 5.27. The van der Waals surface area contributed by atoms with E-state index in [1.807, 2.05) is 12.4 Å². The van der Waals surface area contributed by atoms with Crippen molar-refractivity contribution in [3.05, 3.63) is 48.5 Å². The first kappa shape index (κ1) is 13.7. The van der Waals surface area contributed by atoms with Crippen molar-refractivity contribution in [3.8, 4) is 11.1 Å². The summed E-state index contributed by atoms with van der Waals surface area (Å²) in [6.07, 6.45) is 5.18. The third-order valence-electron chi connectivity index (χ3n) is 4.31. The molecule has 4 rings (SSSR count). The second-order valence-corrected chi connectivity index (χ2v) is 6.65. The molecule has 3 heterocycles.